The summed E-state index contributed by atoms with van der Waals surface area (Å²) >= 11 is 5.90. The summed E-state index contributed by atoms with van der Waals surface area (Å²) in [7, 11) is 0. The van der Waals surface area contributed by atoms with E-state index in [-0.39, 0.29) is 0 Å². The molecule has 0 amide bonds. The lowest BCUT2D eigenvalue weighted by Crippen LogP contribution is -2.29. The molecule has 0 aromatic heterocycles. The van der Waals surface area contributed by atoms with Gasteiger partial charge in [0.05, 0.1) is 0 Å². The standard InChI is InChI=1S/C10H17BrS/c11-8-10(4-1-2-5-10)9-3-6-12-7-9/h9H,1-8H2. The van der Waals surface area contributed by atoms with Crippen LogP contribution in [-0.4, -0.2) is 16.8 Å². The van der Waals surface area contributed by atoms with Crippen LogP contribution in [0.4, 0.5) is 0 Å². The van der Waals surface area contributed by atoms with Crippen LogP contribution in [0.5, 0.6) is 0 Å². The van der Waals surface area contributed by atoms with Crippen LogP contribution in [0.3, 0.4) is 0 Å². The van der Waals surface area contributed by atoms with Gasteiger partial charge in [-0.05, 0) is 42.1 Å². The van der Waals surface area contributed by atoms with E-state index in [2.05, 4.69) is 27.7 Å². The van der Waals surface area contributed by atoms with Crippen LogP contribution in [0.1, 0.15) is 32.1 Å². The Morgan fingerprint density at radius 1 is 1.33 bits per heavy atom. The van der Waals surface area contributed by atoms with Crippen LogP contribution >= 0.6 is 27.7 Å². The van der Waals surface area contributed by atoms with Gasteiger partial charge in [-0.2, -0.15) is 11.8 Å². The summed E-state index contributed by atoms with van der Waals surface area (Å²) in [5, 5.41) is 1.26. The zero-order chi connectivity index (χ0) is 8.44. The van der Waals surface area contributed by atoms with E-state index >= 15 is 0 Å². The second-order valence-corrected chi connectivity index (χ2v) is 5.97. The first kappa shape index (κ1) is 9.39. The summed E-state index contributed by atoms with van der Waals surface area (Å²) in [5.74, 6) is 3.88. The lowest BCUT2D eigenvalue weighted by molar-refractivity contribution is 0.225. The number of hydrogen-bond acceptors (Lipinski definition) is 1. The van der Waals surface area contributed by atoms with Crippen molar-refractivity contribution in [3.8, 4) is 0 Å². The normalized spacial score (nSPS) is 34.2. The molecule has 70 valence electrons. The van der Waals surface area contributed by atoms with Crippen molar-refractivity contribution in [3.63, 3.8) is 0 Å². The SMILES string of the molecule is BrCC1(C2CCSC2)CCCC1. The van der Waals surface area contributed by atoms with Gasteiger partial charge in [-0.1, -0.05) is 28.8 Å². The monoisotopic (exact) mass is 248 g/mol. The van der Waals surface area contributed by atoms with Gasteiger partial charge < -0.3 is 0 Å². The molecule has 0 aromatic carbocycles. The molecule has 1 saturated carbocycles. The highest BCUT2D eigenvalue weighted by Crippen LogP contribution is 2.50. The lowest BCUT2D eigenvalue weighted by atomic mass is 9.75. The third-order valence-corrected chi connectivity index (χ3v) is 5.94. The highest BCUT2D eigenvalue weighted by atomic mass is 79.9. The molecule has 1 saturated heterocycles. The van der Waals surface area contributed by atoms with E-state index in [9.17, 15) is 0 Å². The Morgan fingerprint density at radius 2 is 2.08 bits per heavy atom. The van der Waals surface area contributed by atoms with Crippen LogP contribution < -0.4 is 0 Å². The summed E-state index contributed by atoms with van der Waals surface area (Å²) in [6.07, 6.45) is 7.42. The molecular weight excluding hydrogens is 232 g/mol. The Kier molecular flexibility index (Phi) is 3.06. The average Bonchev–Trinajstić information content (AvgIpc) is 2.76. The van der Waals surface area contributed by atoms with Gasteiger partial charge in [0.15, 0.2) is 0 Å². The number of halogens is 1. The molecule has 1 heterocycles. The minimum Gasteiger partial charge on any atom is -0.162 e. The number of alkyl halides is 1. The van der Waals surface area contributed by atoms with E-state index in [1.54, 1.807) is 0 Å². The molecule has 0 spiro atoms. The molecule has 0 nitrogen and oxygen atoms in total. The van der Waals surface area contributed by atoms with E-state index in [0.29, 0.717) is 5.41 Å². The minimum absolute atomic E-state index is 0.712. The van der Waals surface area contributed by atoms with Crippen LogP contribution in [0.15, 0.2) is 0 Å². The summed E-state index contributed by atoms with van der Waals surface area (Å²) in [4.78, 5) is 0. The average molecular weight is 249 g/mol. The van der Waals surface area contributed by atoms with Crippen LogP contribution in [0, 0.1) is 11.3 Å². The summed E-state index contributed by atoms with van der Waals surface area (Å²) < 4.78 is 0. The Hall–Kier alpha value is 0.830. The highest BCUT2D eigenvalue weighted by molar-refractivity contribution is 9.09. The molecular formula is C10H17BrS. The van der Waals surface area contributed by atoms with E-state index in [0.717, 1.165) is 5.92 Å². The zero-order valence-corrected chi connectivity index (χ0v) is 9.92. The smallest absolute Gasteiger partial charge is 0.00909 e. The molecule has 0 aromatic rings. The number of rotatable bonds is 2. The van der Waals surface area contributed by atoms with Gasteiger partial charge in [0.1, 0.15) is 0 Å². The van der Waals surface area contributed by atoms with Gasteiger partial charge in [0.25, 0.3) is 0 Å². The van der Waals surface area contributed by atoms with Crippen molar-refractivity contribution in [1.82, 2.24) is 0 Å². The molecule has 2 heteroatoms. The van der Waals surface area contributed by atoms with E-state index in [1.165, 1.54) is 48.9 Å². The van der Waals surface area contributed by atoms with Crippen molar-refractivity contribution < 1.29 is 0 Å². The predicted molar refractivity (Wildman–Crippen MR) is 60.1 cm³/mol. The second kappa shape index (κ2) is 3.91. The molecule has 1 unspecified atom stereocenters. The molecule has 12 heavy (non-hydrogen) atoms. The molecule has 2 fully saturated rings. The fourth-order valence-electron chi connectivity index (χ4n) is 2.75. The largest absolute Gasteiger partial charge is 0.162 e. The summed E-state index contributed by atoms with van der Waals surface area (Å²) in [6.45, 7) is 0. The molecule has 2 aliphatic rings. The van der Waals surface area contributed by atoms with Crippen molar-refractivity contribution in [2.45, 2.75) is 32.1 Å². The van der Waals surface area contributed by atoms with E-state index in [1.807, 2.05) is 0 Å². The first-order chi connectivity index (χ1) is 5.87. The minimum atomic E-state index is 0.712. The first-order valence-electron chi connectivity index (χ1n) is 5.01. The van der Waals surface area contributed by atoms with Gasteiger partial charge >= 0.3 is 0 Å². The Balaban J connectivity index is 2.04. The van der Waals surface area contributed by atoms with Crippen molar-refractivity contribution >= 4 is 27.7 Å². The molecule has 1 aliphatic heterocycles. The third-order valence-electron chi connectivity index (χ3n) is 3.66. The van der Waals surface area contributed by atoms with Gasteiger partial charge in [0.2, 0.25) is 0 Å². The maximum Gasteiger partial charge on any atom is 0.00909 e. The molecule has 0 N–H and O–H groups in total. The Morgan fingerprint density at radius 3 is 2.58 bits per heavy atom. The van der Waals surface area contributed by atoms with Crippen LogP contribution in [-0.2, 0) is 0 Å². The van der Waals surface area contributed by atoms with Gasteiger partial charge in [-0.3, -0.25) is 0 Å². The van der Waals surface area contributed by atoms with Crippen molar-refractivity contribution in [2.75, 3.05) is 16.8 Å². The highest BCUT2D eigenvalue weighted by Gasteiger charge is 2.41. The third kappa shape index (κ3) is 1.57. The van der Waals surface area contributed by atoms with E-state index < -0.39 is 0 Å². The number of hydrogen-bond donors (Lipinski definition) is 0. The maximum atomic E-state index is 3.73. The van der Waals surface area contributed by atoms with Gasteiger partial charge in [0, 0.05) is 5.33 Å². The maximum absolute atomic E-state index is 3.73. The molecule has 1 atom stereocenters. The molecule has 0 bridgehead atoms. The fourth-order valence-corrected chi connectivity index (χ4v) is 5.19. The molecule has 0 radical (unpaired) electrons. The molecule has 2 rings (SSSR count). The number of thioether (sulfide) groups is 1. The van der Waals surface area contributed by atoms with Crippen LogP contribution in [0.25, 0.3) is 0 Å². The van der Waals surface area contributed by atoms with Gasteiger partial charge in [-0.15, -0.1) is 0 Å². The van der Waals surface area contributed by atoms with Crippen LogP contribution in [0.2, 0.25) is 0 Å². The fraction of sp³-hybridized carbons (Fsp3) is 1.00. The summed E-state index contributed by atoms with van der Waals surface area (Å²) in [5.41, 5.74) is 0.712. The van der Waals surface area contributed by atoms with Crippen molar-refractivity contribution in [2.24, 2.45) is 11.3 Å². The zero-order valence-electron chi connectivity index (χ0n) is 7.52. The Bertz CT molecular complexity index is 146. The van der Waals surface area contributed by atoms with E-state index in [4.69, 9.17) is 0 Å². The first-order valence-corrected chi connectivity index (χ1v) is 7.29. The predicted octanol–water partition coefficient (Wildman–Crippen LogP) is 3.69. The molecule has 1 aliphatic carbocycles. The quantitative estimate of drug-likeness (QED) is 0.672. The second-order valence-electron chi connectivity index (χ2n) is 4.26. The Labute approximate surface area is 88.0 Å². The summed E-state index contributed by atoms with van der Waals surface area (Å²) in [6, 6.07) is 0. The van der Waals surface area contributed by atoms with Crippen molar-refractivity contribution in [1.29, 1.82) is 0 Å². The van der Waals surface area contributed by atoms with Gasteiger partial charge in [-0.25, -0.2) is 0 Å². The lowest BCUT2D eigenvalue weighted by Gasteiger charge is -2.33. The van der Waals surface area contributed by atoms with Crippen molar-refractivity contribution in [3.05, 3.63) is 0 Å². The topological polar surface area (TPSA) is 0 Å².